The number of carbonyl (C=O) groups is 2. The van der Waals surface area contributed by atoms with Crippen LogP contribution in [0.25, 0.3) is 0 Å². The highest BCUT2D eigenvalue weighted by Gasteiger charge is 2.66. The van der Waals surface area contributed by atoms with E-state index in [9.17, 15) is 32.1 Å². The third kappa shape index (κ3) is 9.61. The lowest BCUT2D eigenvalue weighted by Gasteiger charge is -2.32. The van der Waals surface area contributed by atoms with E-state index in [1.54, 1.807) is 0 Å². The van der Waals surface area contributed by atoms with E-state index >= 15 is 4.39 Å². The molecule has 0 spiro atoms. The van der Waals surface area contributed by atoms with Crippen LogP contribution in [0.5, 0.6) is 5.75 Å². The summed E-state index contributed by atoms with van der Waals surface area (Å²) in [6, 6.07) is 0.432. The fraction of sp³-hybridized carbons (Fsp3) is 0.647. The maximum absolute atomic E-state index is 15.2. The van der Waals surface area contributed by atoms with Crippen molar-refractivity contribution in [1.29, 1.82) is 0 Å². The first-order valence-corrected chi connectivity index (χ1v) is 16.5. The van der Waals surface area contributed by atoms with Gasteiger partial charge in [-0.3, -0.25) is 9.59 Å². The van der Waals surface area contributed by atoms with E-state index in [0.717, 1.165) is 63.1 Å². The topological polar surface area (TPSA) is 111 Å². The highest BCUT2D eigenvalue weighted by atomic mass is 19.4. The van der Waals surface area contributed by atoms with Gasteiger partial charge in [0, 0.05) is 39.2 Å². The highest BCUT2D eigenvalue weighted by Crippen LogP contribution is 2.55. The van der Waals surface area contributed by atoms with E-state index in [-0.39, 0.29) is 22.6 Å². The first-order chi connectivity index (χ1) is 22.2. The lowest BCUT2D eigenvalue weighted by Crippen LogP contribution is -2.47. The Labute approximate surface area is 272 Å². The number of alkyl halides is 3. The van der Waals surface area contributed by atoms with Crippen molar-refractivity contribution < 1.29 is 45.8 Å². The number of hydrogen-bond acceptors (Lipinski definition) is 5. The monoisotopic (exact) mass is 672 g/mol. The second-order valence-electron chi connectivity index (χ2n) is 12.6. The molecule has 1 unspecified atom stereocenters. The Morgan fingerprint density at radius 3 is 2.13 bits per heavy atom. The van der Waals surface area contributed by atoms with Gasteiger partial charge in [-0.25, -0.2) is 4.39 Å². The second kappa shape index (κ2) is 17.2. The predicted octanol–water partition coefficient (Wildman–Crippen LogP) is 7.64. The third-order valence-electron chi connectivity index (χ3n) is 9.18. The van der Waals surface area contributed by atoms with Crippen molar-refractivity contribution in [3.05, 3.63) is 58.3 Å². The Morgan fingerprint density at radius 2 is 1.57 bits per heavy atom. The fourth-order valence-corrected chi connectivity index (χ4v) is 6.15. The summed E-state index contributed by atoms with van der Waals surface area (Å²) < 4.78 is 84.0. The van der Waals surface area contributed by atoms with Crippen LogP contribution in [0, 0.1) is 22.5 Å². The van der Waals surface area contributed by atoms with E-state index in [1.807, 2.05) is 0 Å². The predicted molar refractivity (Wildman–Crippen MR) is 166 cm³/mol. The Morgan fingerprint density at radius 1 is 1.00 bits per heavy atom. The van der Waals surface area contributed by atoms with Gasteiger partial charge in [-0.2, -0.15) is 17.6 Å². The van der Waals surface area contributed by atoms with Gasteiger partial charge in [0.15, 0.2) is 17.2 Å². The average Bonchev–Trinajstić information content (AvgIpc) is 3.29. The maximum Gasteiger partial charge on any atom is 0.417 e. The lowest BCUT2D eigenvalue weighted by molar-refractivity contribution is -0.495. The summed E-state index contributed by atoms with van der Waals surface area (Å²) in [6.45, 7) is 4.21. The number of primary amides is 1. The van der Waals surface area contributed by atoms with Gasteiger partial charge in [0.25, 0.3) is 11.8 Å². The number of hydrogen-bond donors (Lipinski definition) is 2. The van der Waals surface area contributed by atoms with E-state index < -0.39 is 65.0 Å². The molecule has 2 aliphatic rings. The normalized spacial score (nSPS) is 24.3. The molecule has 0 aromatic heterocycles. The van der Waals surface area contributed by atoms with Crippen molar-refractivity contribution >= 4 is 11.8 Å². The quantitative estimate of drug-likeness (QED) is 0.0946. The van der Waals surface area contributed by atoms with E-state index in [2.05, 4.69) is 12.2 Å². The van der Waals surface area contributed by atoms with Gasteiger partial charge in [0.1, 0.15) is 6.10 Å². The Kier molecular flexibility index (Phi) is 13.9. The van der Waals surface area contributed by atoms with Crippen LogP contribution in [0.2, 0.25) is 0 Å². The number of halogens is 5. The van der Waals surface area contributed by atoms with Crippen LogP contribution in [0.3, 0.4) is 0 Å². The zero-order chi connectivity index (χ0) is 34.8. The molecule has 2 amide bonds. The largest absolute Gasteiger partial charge is 0.490 e. The average molecular weight is 673 g/mol. The van der Waals surface area contributed by atoms with E-state index in [4.69, 9.17) is 15.2 Å². The molecule has 3 N–H and O–H groups in total. The molecule has 0 bridgehead atoms. The summed E-state index contributed by atoms with van der Waals surface area (Å²) in [5.74, 6) is -8.10. The minimum Gasteiger partial charge on any atom is -0.490 e. The van der Waals surface area contributed by atoms with Crippen LogP contribution in [0.4, 0.5) is 22.0 Å². The van der Waals surface area contributed by atoms with Gasteiger partial charge in [0.2, 0.25) is 12.0 Å². The minimum atomic E-state index is -4.93. The van der Waals surface area contributed by atoms with Crippen LogP contribution < -0.4 is 15.8 Å². The van der Waals surface area contributed by atoms with Crippen molar-refractivity contribution in [2.45, 2.75) is 128 Å². The summed E-state index contributed by atoms with van der Waals surface area (Å²) in [5, 5.41) is 2.38. The molecule has 0 radical (unpaired) electrons. The molecule has 3 rings (SSSR count). The number of nitrogens with zero attached hydrogens (tertiary/aromatic N) is 1. The maximum atomic E-state index is 15.2. The van der Waals surface area contributed by atoms with Gasteiger partial charge in [0.05, 0.1) is 12.3 Å². The lowest BCUT2D eigenvalue weighted by atomic mass is 9.77. The Hall–Kier alpha value is -3.35. The zero-order valence-corrected chi connectivity index (χ0v) is 27.3. The fourth-order valence-electron chi connectivity index (χ4n) is 6.15. The molecule has 1 aromatic rings. The molecule has 1 fully saturated rings. The van der Waals surface area contributed by atoms with Crippen LogP contribution >= 0.6 is 0 Å². The third-order valence-corrected chi connectivity index (χ3v) is 9.18. The number of nitrogens with one attached hydrogen (secondary N) is 1. The molecule has 262 valence electrons. The molecular formula is C34H47F5N3O5+. The first-order valence-electron chi connectivity index (χ1n) is 16.5. The number of ether oxygens (including phenoxy) is 2. The number of rotatable bonds is 18. The molecule has 0 saturated carbocycles. The summed E-state index contributed by atoms with van der Waals surface area (Å²) in [6.07, 6.45) is 9.41. The molecule has 5 atom stereocenters. The molecular weight excluding hydrogens is 625 g/mol. The second-order valence-corrected chi connectivity index (χ2v) is 12.6. The molecule has 8 nitrogen and oxygen atoms in total. The van der Waals surface area contributed by atoms with Gasteiger partial charge in [-0.15, -0.1) is 0 Å². The van der Waals surface area contributed by atoms with Crippen LogP contribution in [-0.2, 0) is 14.3 Å². The Bertz CT molecular complexity index is 1320. The van der Waals surface area contributed by atoms with Crippen molar-refractivity contribution in [1.82, 2.24) is 5.32 Å². The first kappa shape index (κ1) is 38.1. The number of nitroso groups, excluding NO2 is 1. The molecule has 47 heavy (non-hydrogen) atoms. The molecule has 0 aliphatic carbocycles. The number of unbranched alkanes of at least 4 members (excludes halogenated alkanes) is 11. The van der Waals surface area contributed by atoms with Crippen LogP contribution in [0.15, 0.2) is 36.2 Å². The van der Waals surface area contributed by atoms with Crippen molar-refractivity contribution in [2.24, 2.45) is 11.7 Å². The molecule has 13 heteroatoms. The summed E-state index contributed by atoms with van der Waals surface area (Å²) in [7, 11) is 0. The van der Waals surface area contributed by atoms with E-state index in [1.165, 1.54) is 51.9 Å². The van der Waals surface area contributed by atoms with Gasteiger partial charge < -0.3 is 20.5 Å². The van der Waals surface area contributed by atoms with Crippen molar-refractivity contribution in [3.63, 3.8) is 0 Å². The Balaban J connectivity index is 1.72. The van der Waals surface area contributed by atoms with Gasteiger partial charge in [-0.1, -0.05) is 90.5 Å². The number of amides is 2. The highest BCUT2D eigenvalue weighted by molar-refractivity contribution is 5.86. The summed E-state index contributed by atoms with van der Waals surface area (Å²) in [5.41, 5.74) is 2.17. The van der Waals surface area contributed by atoms with Crippen molar-refractivity contribution in [2.75, 3.05) is 6.61 Å². The number of nitrogens with two attached hydrogens (primary N) is 1. The molecule has 1 aromatic carbocycles. The molecule has 1 saturated heterocycles. The van der Waals surface area contributed by atoms with Crippen LogP contribution in [0.1, 0.15) is 109 Å². The molecule has 2 heterocycles. The zero-order valence-electron chi connectivity index (χ0n) is 27.3. The summed E-state index contributed by atoms with van der Waals surface area (Å²) in [4.78, 5) is 37.0. The van der Waals surface area contributed by atoms with Crippen LogP contribution in [-0.4, -0.2) is 47.1 Å². The number of benzene rings is 1. The number of allylic oxidation sites excluding steroid dienone is 1. The minimum absolute atomic E-state index is 0.00194. The van der Waals surface area contributed by atoms with Crippen molar-refractivity contribution in [3.8, 4) is 5.75 Å². The van der Waals surface area contributed by atoms with Gasteiger partial charge in [-0.05, 0) is 19.4 Å². The number of carbonyl (C=O) groups excluding carboxylic acids is 2. The standard InChI is InChI=1S/C34H46F5N3O5/c1-4-5-6-7-8-9-10-11-12-13-14-15-20-46-29-24(16-17-25(35)28(29)36)27-22(2)33(3,34(37,38)39)47-30(27)32(44)41-23-18-19-42(45)26(21-23)31(40)43/h16-19,21-22,26-27,30H,4-15,20H2,1-3H3,(H2-,40,41,43,44)/p+1/t22-,26?,27+,30-,33+/m1/s1. The van der Waals surface area contributed by atoms with E-state index in [0.29, 0.717) is 6.42 Å². The van der Waals surface area contributed by atoms with Gasteiger partial charge >= 0.3 is 12.2 Å². The SMILES string of the molecule is CCCCCCCCCCCCCCOc1c([C@@H]2[C@@H](C)[C@@](C)(C(F)(F)F)O[C@H]2C(=O)NC2=CC(C(N)=O)[N+](=O)C=C2)ccc(F)c1F. The summed E-state index contributed by atoms with van der Waals surface area (Å²) >= 11 is 0. The smallest absolute Gasteiger partial charge is 0.417 e. The molecule has 2 aliphatic heterocycles.